The molecule has 1 N–H and O–H groups in total. The van der Waals surface area contributed by atoms with Crippen molar-refractivity contribution in [2.45, 2.75) is 51.0 Å². The lowest BCUT2D eigenvalue weighted by atomic mass is 9.68. The van der Waals surface area contributed by atoms with Crippen molar-refractivity contribution in [1.29, 1.82) is 0 Å². The largest absolute Gasteiger partial charge is 0.379 e. The van der Waals surface area contributed by atoms with Crippen LogP contribution in [0.1, 0.15) is 50.4 Å². The first kappa shape index (κ1) is 22.6. The molecule has 3 atom stereocenters. The van der Waals surface area contributed by atoms with Gasteiger partial charge in [-0.25, -0.2) is 13.1 Å². The van der Waals surface area contributed by atoms with Gasteiger partial charge in [0.05, 0.1) is 18.9 Å². The van der Waals surface area contributed by atoms with Crippen molar-refractivity contribution in [1.82, 2.24) is 19.4 Å². The molecule has 178 valence electrons. The minimum Gasteiger partial charge on any atom is -0.379 e. The van der Waals surface area contributed by atoms with Crippen molar-refractivity contribution in [3.63, 3.8) is 0 Å². The Bertz CT molecular complexity index is 1150. The third-order valence-electron chi connectivity index (χ3n) is 8.11. The predicted octanol–water partition coefficient (Wildman–Crippen LogP) is 2.84. The topological polar surface area (TPSA) is 93.5 Å². The highest BCUT2D eigenvalue weighted by Crippen LogP contribution is 2.62. The second kappa shape index (κ2) is 7.92. The van der Waals surface area contributed by atoms with Crippen LogP contribution in [-0.4, -0.2) is 60.8 Å². The van der Waals surface area contributed by atoms with Crippen LogP contribution in [0.3, 0.4) is 0 Å². The minimum atomic E-state index is -3.83. The molecule has 0 spiro atoms. The van der Waals surface area contributed by atoms with Crippen molar-refractivity contribution in [3.8, 4) is 5.69 Å². The molecule has 2 aliphatic carbocycles. The van der Waals surface area contributed by atoms with Gasteiger partial charge in [-0.15, -0.1) is 0 Å². The fraction of sp³-hybridized carbons (Fsp3) is 0.583. The number of sulfonamides is 1. The average Bonchev–Trinajstić information content (AvgIpc) is 3.51. The summed E-state index contributed by atoms with van der Waals surface area (Å²) in [7, 11) is -3.83. The summed E-state index contributed by atoms with van der Waals surface area (Å²) >= 11 is 0. The van der Waals surface area contributed by atoms with Gasteiger partial charge in [0.1, 0.15) is 4.90 Å². The summed E-state index contributed by atoms with van der Waals surface area (Å²) in [5, 5.41) is 7.51. The monoisotopic (exact) mass is 472 g/mol. The SMILES string of the molecule is CC1(C)C(NC(=O)c2ccc(-n3cccn3)c(S(=O)(=O)N3CCOCC3)c2)[C@@]2(C)CC[C@@H]1C2. The van der Waals surface area contributed by atoms with Crippen LogP contribution in [0.5, 0.6) is 0 Å². The van der Waals surface area contributed by atoms with Gasteiger partial charge in [0.25, 0.3) is 5.91 Å². The van der Waals surface area contributed by atoms with Crippen molar-refractivity contribution in [2.75, 3.05) is 26.3 Å². The summed E-state index contributed by atoms with van der Waals surface area (Å²) in [6.07, 6.45) is 6.74. The molecule has 1 aliphatic heterocycles. The molecule has 5 rings (SSSR count). The second-order valence-electron chi connectivity index (χ2n) is 10.5. The van der Waals surface area contributed by atoms with Gasteiger partial charge >= 0.3 is 0 Å². The van der Waals surface area contributed by atoms with E-state index in [9.17, 15) is 13.2 Å². The molecule has 1 aromatic carbocycles. The van der Waals surface area contributed by atoms with Gasteiger partial charge in [-0.2, -0.15) is 9.40 Å². The highest BCUT2D eigenvalue weighted by atomic mass is 32.2. The molecule has 9 heteroatoms. The van der Waals surface area contributed by atoms with Gasteiger partial charge in [0.2, 0.25) is 10.0 Å². The van der Waals surface area contributed by atoms with Crippen LogP contribution in [0.2, 0.25) is 0 Å². The number of nitrogens with one attached hydrogen (secondary N) is 1. The van der Waals surface area contributed by atoms with E-state index in [0.717, 1.165) is 12.8 Å². The van der Waals surface area contributed by atoms with E-state index in [4.69, 9.17) is 4.74 Å². The second-order valence-corrected chi connectivity index (χ2v) is 12.4. The number of nitrogens with zero attached hydrogens (tertiary/aromatic N) is 3. The maximum absolute atomic E-state index is 13.6. The number of carbonyl (C=O) groups is 1. The van der Waals surface area contributed by atoms with E-state index in [2.05, 4.69) is 31.2 Å². The van der Waals surface area contributed by atoms with E-state index >= 15 is 0 Å². The van der Waals surface area contributed by atoms with Crippen molar-refractivity contribution >= 4 is 15.9 Å². The van der Waals surface area contributed by atoms with Gasteiger partial charge in [0, 0.05) is 37.1 Å². The number of carbonyl (C=O) groups excluding carboxylic acids is 1. The maximum Gasteiger partial charge on any atom is 0.251 e. The molecule has 2 heterocycles. The van der Waals surface area contributed by atoms with Crippen LogP contribution in [0.25, 0.3) is 5.69 Å². The van der Waals surface area contributed by atoms with E-state index in [1.807, 2.05) is 0 Å². The summed E-state index contributed by atoms with van der Waals surface area (Å²) in [5.41, 5.74) is 0.872. The van der Waals surface area contributed by atoms with Crippen LogP contribution in [-0.2, 0) is 14.8 Å². The lowest BCUT2D eigenvalue weighted by Crippen LogP contribution is -2.52. The molecule has 33 heavy (non-hydrogen) atoms. The highest BCUT2D eigenvalue weighted by Gasteiger charge is 2.59. The Hall–Kier alpha value is -2.23. The van der Waals surface area contributed by atoms with E-state index in [1.54, 1.807) is 30.6 Å². The molecule has 3 fully saturated rings. The number of ether oxygens (including phenoxy) is 1. The number of benzene rings is 1. The number of rotatable bonds is 5. The van der Waals surface area contributed by atoms with Crippen molar-refractivity contribution in [3.05, 3.63) is 42.2 Å². The zero-order valence-corrected chi connectivity index (χ0v) is 20.3. The average molecular weight is 473 g/mol. The number of morpholine rings is 1. The summed E-state index contributed by atoms with van der Waals surface area (Å²) in [6.45, 7) is 8.02. The summed E-state index contributed by atoms with van der Waals surface area (Å²) in [4.78, 5) is 13.5. The Kier molecular flexibility index (Phi) is 5.42. The van der Waals surface area contributed by atoms with E-state index in [1.165, 1.54) is 21.5 Å². The van der Waals surface area contributed by atoms with E-state index in [0.29, 0.717) is 30.4 Å². The van der Waals surface area contributed by atoms with Gasteiger partial charge in [-0.3, -0.25) is 4.79 Å². The normalized spacial score (nSPS) is 29.3. The predicted molar refractivity (Wildman–Crippen MR) is 124 cm³/mol. The summed E-state index contributed by atoms with van der Waals surface area (Å²) in [5.74, 6) is 0.375. The molecule has 1 amide bonds. The van der Waals surface area contributed by atoms with Gasteiger partial charge in [-0.05, 0) is 60.3 Å². The summed E-state index contributed by atoms with van der Waals surface area (Å²) < 4.78 is 35.4. The molecular weight excluding hydrogens is 440 g/mol. The first-order valence-electron chi connectivity index (χ1n) is 11.7. The van der Waals surface area contributed by atoms with Crippen molar-refractivity contribution < 1.29 is 17.9 Å². The fourth-order valence-electron chi connectivity index (χ4n) is 6.27. The quantitative estimate of drug-likeness (QED) is 0.722. The van der Waals surface area contributed by atoms with Gasteiger partial charge < -0.3 is 10.1 Å². The molecule has 1 saturated heterocycles. The number of aromatic nitrogens is 2. The van der Waals surface area contributed by atoms with Crippen LogP contribution in [0, 0.1) is 16.7 Å². The van der Waals surface area contributed by atoms with Crippen LogP contribution in [0.15, 0.2) is 41.6 Å². The van der Waals surface area contributed by atoms with Crippen LogP contribution >= 0.6 is 0 Å². The zero-order valence-electron chi connectivity index (χ0n) is 19.5. The molecule has 2 saturated carbocycles. The number of fused-ring (bicyclic) bond motifs is 2. The molecule has 2 aromatic rings. The number of hydrogen-bond acceptors (Lipinski definition) is 5. The first-order chi connectivity index (χ1) is 15.6. The Balaban J connectivity index is 1.50. The maximum atomic E-state index is 13.6. The van der Waals surface area contributed by atoms with E-state index in [-0.39, 0.29) is 40.8 Å². The number of hydrogen-bond donors (Lipinski definition) is 1. The van der Waals surface area contributed by atoms with Crippen LogP contribution in [0.4, 0.5) is 0 Å². The molecule has 8 nitrogen and oxygen atoms in total. The Labute approximate surface area is 195 Å². The molecule has 1 unspecified atom stereocenters. The minimum absolute atomic E-state index is 0.0143. The smallest absolute Gasteiger partial charge is 0.251 e. The summed E-state index contributed by atoms with van der Waals surface area (Å²) in [6, 6.07) is 6.65. The molecule has 1 aromatic heterocycles. The zero-order chi connectivity index (χ0) is 23.4. The first-order valence-corrected chi connectivity index (χ1v) is 13.1. The van der Waals surface area contributed by atoms with Crippen molar-refractivity contribution in [2.24, 2.45) is 16.7 Å². The lowest BCUT2D eigenvalue weighted by molar-refractivity contribution is 0.0728. The van der Waals surface area contributed by atoms with Gasteiger partial charge in [0.15, 0.2) is 0 Å². The van der Waals surface area contributed by atoms with Crippen LogP contribution < -0.4 is 5.32 Å². The molecule has 3 aliphatic rings. The molecular formula is C24H32N4O4S. The Morgan fingerprint density at radius 2 is 1.97 bits per heavy atom. The van der Waals surface area contributed by atoms with Gasteiger partial charge in [-0.1, -0.05) is 20.8 Å². The molecule has 0 radical (unpaired) electrons. The Morgan fingerprint density at radius 1 is 1.21 bits per heavy atom. The highest BCUT2D eigenvalue weighted by molar-refractivity contribution is 7.89. The third kappa shape index (κ3) is 3.70. The Morgan fingerprint density at radius 3 is 2.61 bits per heavy atom. The number of amides is 1. The molecule has 2 bridgehead atoms. The van der Waals surface area contributed by atoms with E-state index < -0.39 is 10.0 Å². The third-order valence-corrected chi connectivity index (χ3v) is 10.0. The standard InChI is InChI=1S/C24H32N4O4S/c1-23(2)18-7-8-24(3,16-18)22(23)26-21(29)17-5-6-19(28-10-4-9-25-28)20(15-17)33(30,31)27-11-13-32-14-12-27/h4-6,9-10,15,18,22H,7-8,11-14,16H2,1-3H3,(H,26,29)/t18-,22?,24+/m1/s1. The lowest BCUT2D eigenvalue weighted by Gasteiger charge is -2.43. The fourth-order valence-corrected chi connectivity index (χ4v) is 7.88.